The lowest BCUT2D eigenvalue weighted by Gasteiger charge is -2.09. The summed E-state index contributed by atoms with van der Waals surface area (Å²) >= 11 is 0. The van der Waals surface area contributed by atoms with Crippen molar-refractivity contribution in [3.8, 4) is 11.3 Å². The van der Waals surface area contributed by atoms with E-state index in [9.17, 15) is 10.1 Å². The Morgan fingerprint density at radius 3 is 2.90 bits per heavy atom. The Balaban J connectivity index is 1.90. The monoisotopic (exact) mass is 286 g/mol. The molecule has 0 aliphatic heterocycles. The second-order valence-corrected chi connectivity index (χ2v) is 4.99. The van der Waals surface area contributed by atoms with Gasteiger partial charge in [-0.25, -0.2) is 4.68 Å². The van der Waals surface area contributed by atoms with E-state index in [4.69, 9.17) is 5.11 Å². The maximum absolute atomic E-state index is 11.1. The first-order valence-corrected chi connectivity index (χ1v) is 6.64. The van der Waals surface area contributed by atoms with Crippen LogP contribution in [-0.2, 0) is 0 Å². The molecular formula is C14H14N4O3. The topological polar surface area (TPSA) is 94.1 Å². The molecule has 3 rings (SSSR count). The third-order valence-electron chi connectivity index (χ3n) is 3.61. The van der Waals surface area contributed by atoms with Crippen molar-refractivity contribution in [2.24, 2.45) is 5.92 Å². The quantitative estimate of drug-likeness (QED) is 0.526. The summed E-state index contributed by atoms with van der Waals surface area (Å²) in [5.74, 6) is 0.133. The van der Waals surface area contributed by atoms with E-state index < -0.39 is 4.92 Å². The molecule has 7 heteroatoms. The molecule has 0 amide bonds. The fourth-order valence-corrected chi connectivity index (χ4v) is 2.50. The lowest BCUT2D eigenvalue weighted by Crippen LogP contribution is -2.08. The summed E-state index contributed by atoms with van der Waals surface area (Å²) in [5.41, 5.74) is 0.942. The van der Waals surface area contributed by atoms with Gasteiger partial charge < -0.3 is 5.11 Å². The zero-order valence-electron chi connectivity index (χ0n) is 11.2. The molecule has 1 aliphatic rings. The third kappa shape index (κ3) is 2.55. The van der Waals surface area contributed by atoms with Gasteiger partial charge in [0.2, 0.25) is 0 Å². The van der Waals surface area contributed by atoms with Gasteiger partial charge in [-0.3, -0.25) is 10.1 Å². The average molecular weight is 286 g/mol. The van der Waals surface area contributed by atoms with Crippen LogP contribution >= 0.6 is 0 Å². The number of allylic oxidation sites excluding steroid dienone is 1. The van der Waals surface area contributed by atoms with Crippen molar-refractivity contribution in [3.63, 3.8) is 0 Å². The van der Waals surface area contributed by atoms with Crippen molar-refractivity contribution in [2.45, 2.75) is 12.5 Å². The minimum Gasteiger partial charge on any atom is -0.396 e. The van der Waals surface area contributed by atoms with Gasteiger partial charge in [-0.05, 0) is 12.5 Å². The number of nitro groups is 1. The molecule has 2 atom stereocenters. The van der Waals surface area contributed by atoms with Crippen LogP contribution in [0.25, 0.3) is 11.3 Å². The first kappa shape index (κ1) is 13.4. The molecule has 0 saturated heterocycles. The molecule has 7 nitrogen and oxygen atoms in total. The molecule has 0 radical (unpaired) electrons. The lowest BCUT2D eigenvalue weighted by molar-refractivity contribution is -0.384. The number of nitrogens with zero attached hydrogens (tertiary/aromatic N) is 4. The minimum absolute atomic E-state index is 0.0137. The van der Waals surface area contributed by atoms with E-state index >= 15 is 0 Å². The maximum Gasteiger partial charge on any atom is 0.278 e. The van der Waals surface area contributed by atoms with Crippen LogP contribution in [0.3, 0.4) is 0 Å². The normalized spacial score (nSPS) is 20.8. The van der Waals surface area contributed by atoms with Gasteiger partial charge in [-0.2, -0.15) is 0 Å². The summed E-state index contributed by atoms with van der Waals surface area (Å²) in [6.45, 7) is 0.110. The molecule has 0 bridgehead atoms. The van der Waals surface area contributed by atoms with E-state index in [1.165, 1.54) is 6.07 Å². The van der Waals surface area contributed by atoms with Crippen molar-refractivity contribution >= 4 is 5.69 Å². The molecule has 1 aromatic carbocycles. The van der Waals surface area contributed by atoms with Gasteiger partial charge in [0.15, 0.2) is 0 Å². The standard InChI is InChI=1S/C14H14N4O3/c19-9-10-5-6-11(7-10)17-8-13(15-16-17)12-3-1-2-4-14(12)18(20)21/h1-6,8,10-11,19H,7,9H2/t10-,11+/m0/s1. The van der Waals surface area contributed by atoms with E-state index in [0.717, 1.165) is 6.42 Å². The Morgan fingerprint density at radius 2 is 2.19 bits per heavy atom. The highest BCUT2D eigenvalue weighted by atomic mass is 16.6. The van der Waals surface area contributed by atoms with Crippen molar-refractivity contribution in [1.29, 1.82) is 0 Å². The van der Waals surface area contributed by atoms with Crippen LogP contribution in [0.2, 0.25) is 0 Å². The van der Waals surface area contributed by atoms with Gasteiger partial charge in [0.05, 0.1) is 22.7 Å². The van der Waals surface area contributed by atoms with Crippen molar-refractivity contribution in [3.05, 3.63) is 52.7 Å². The molecular weight excluding hydrogens is 272 g/mol. The highest BCUT2D eigenvalue weighted by Crippen LogP contribution is 2.30. The number of para-hydroxylation sites is 1. The predicted octanol–water partition coefficient (Wildman–Crippen LogP) is 1.96. The van der Waals surface area contributed by atoms with Crippen LogP contribution in [0.4, 0.5) is 5.69 Å². The second kappa shape index (κ2) is 5.45. The Bertz CT molecular complexity index is 695. The van der Waals surface area contributed by atoms with Crippen LogP contribution in [0.15, 0.2) is 42.6 Å². The summed E-state index contributed by atoms with van der Waals surface area (Å²) in [4.78, 5) is 10.6. The first-order chi connectivity index (χ1) is 10.2. The van der Waals surface area contributed by atoms with Gasteiger partial charge in [-0.15, -0.1) is 5.10 Å². The van der Waals surface area contributed by atoms with E-state index in [1.54, 1.807) is 29.1 Å². The fraction of sp³-hybridized carbons (Fsp3) is 0.286. The molecule has 0 fully saturated rings. The zero-order chi connectivity index (χ0) is 14.8. The minimum atomic E-state index is -0.425. The van der Waals surface area contributed by atoms with Crippen molar-refractivity contribution in [2.75, 3.05) is 6.61 Å². The number of hydrogen-bond acceptors (Lipinski definition) is 5. The van der Waals surface area contributed by atoms with Gasteiger partial charge in [-0.1, -0.05) is 29.5 Å². The summed E-state index contributed by atoms with van der Waals surface area (Å²) < 4.78 is 1.68. The number of aliphatic hydroxyl groups is 1. The Hall–Kier alpha value is -2.54. The number of rotatable bonds is 4. The number of aliphatic hydroxyl groups excluding tert-OH is 1. The molecule has 108 valence electrons. The smallest absolute Gasteiger partial charge is 0.278 e. The molecule has 0 saturated carbocycles. The Morgan fingerprint density at radius 1 is 1.38 bits per heavy atom. The molecule has 1 N–H and O–H groups in total. The number of benzene rings is 1. The van der Waals surface area contributed by atoms with Crippen LogP contribution in [0.5, 0.6) is 0 Å². The molecule has 0 unspecified atom stereocenters. The van der Waals surface area contributed by atoms with Crippen LogP contribution in [0, 0.1) is 16.0 Å². The molecule has 2 aromatic rings. The van der Waals surface area contributed by atoms with Crippen molar-refractivity contribution in [1.82, 2.24) is 15.0 Å². The highest BCUT2D eigenvalue weighted by molar-refractivity contribution is 5.69. The molecule has 1 aromatic heterocycles. The van der Waals surface area contributed by atoms with E-state index in [2.05, 4.69) is 10.3 Å². The SMILES string of the molecule is O=[N+]([O-])c1ccccc1-c1cn([C@@H]2C=C[C@H](CO)C2)nn1. The van der Waals surface area contributed by atoms with Crippen molar-refractivity contribution < 1.29 is 10.0 Å². The van der Waals surface area contributed by atoms with Crippen LogP contribution in [0.1, 0.15) is 12.5 Å². The molecule has 21 heavy (non-hydrogen) atoms. The van der Waals surface area contributed by atoms with E-state index in [0.29, 0.717) is 11.3 Å². The number of aromatic nitrogens is 3. The van der Waals surface area contributed by atoms with Crippen LogP contribution < -0.4 is 0 Å². The molecule has 0 spiro atoms. The number of hydrogen-bond donors (Lipinski definition) is 1. The van der Waals surface area contributed by atoms with Gasteiger partial charge in [0, 0.05) is 18.6 Å². The third-order valence-corrected chi connectivity index (χ3v) is 3.61. The summed E-state index contributed by atoms with van der Waals surface area (Å²) in [6.07, 6.45) is 6.39. The number of nitro benzene ring substituents is 1. The van der Waals surface area contributed by atoms with Gasteiger partial charge in [0.1, 0.15) is 5.69 Å². The molecule has 1 aliphatic carbocycles. The zero-order valence-corrected chi connectivity index (χ0v) is 11.2. The fourth-order valence-electron chi connectivity index (χ4n) is 2.50. The largest absolute Gasteiger partial charge is 0.396 e. The molecule has 1 heterocycles. The van der Waals surface area contributed by atoms with Crippen LogP contribution in [-0.4, -0.2) is 31.6 Å². The first-order valence-electron chi connectivity index (χ1n) is 6.64. The van der Waals surface area contributed by atoms with E-state index in [1.807, 2.05) is 12.2 Å². The highest BCUT2D eigenvalue weighted by Gasteiger charge is 2.22. The Kier molecular flexibility index (Phi) is 3.49. The van der Waals surface area contributed by atoms with E-state index in [-0.39, 0.29) is 24.3 Å². The average Bonchev–Trinajstić information content (AvgIpc) is 3.16. The predicted molar refractivity (Wildman–Crippen MR) is 75.5 cm³/mol. The summed E-state index contributed by atoms with van der Waals surface area (Å²) in [7, 11) is 0. The second-order valence-electron chi connectivity index (χ2n) is 4.99. The Labute approximate surface area is 120 Å². The van der Waals surface area contributed by atoms with Gasteiger partial charge in [0.25, 0.3) is 5.69 Å². The lowest BCUT2D eigenvalue weighted by atomic mass is 10.1. The van der Waals surface area contributed by atoms with Gasteiger partial charge >= 0.3 is 0 Å². The summed E-state index contributed by atoms with van der Waals surface area (Å²) in [5, 5.41) is 28.3. The summed E-state index contributed by atoms with van der Waals surface area (Å²) in [6, 6.07) is 6.50. The maximum atomic E-state index is 11.1.